The van der Waals surface area contributed by atoms with E-state index in [2.05, 4.69) is 44.5 Å². The van der Waals surface area contributed by atoms with Gasteiger partial charge in [0.05, 0.1) is 0 Å². The van der Waals surface area contributed by atoms with Crippen molar-refractivity contribution in [3.63, 3.8) is 0 Å². The average Bonchev–Trinajstić information content (AvgIpc) is 2.26. The lowest BCUT2D eigenvalue weighted by Crippen LogP contribution is -2.47. The Kier molecular flexibility index (Phi) is 4.77. The number of hydrogen-bond donors (Lipinski definition) is 1. The molecule has 0 spiro atoms. The van der Waals surface area contributed by atoms with Gasteiger partial charge in [-0.15, -0.1) is 0 Å². The van der Waals surface area contributed by atoms with Gasteiger partial charge in [0, 0.05) is 31.2 Å². The van der Waals surface area contributed by atoms with Gasteiger partial charge in [-0.1, -0.05) is 6.92 Å². The van der Waals surface area contributed by atoms with Gasteiger partial charge in [-0.2, -0.15) is 0 Å². The number of hydrogen-bond acceptors (Lipinski definition) is 3. The number of rotatable bonds is 2. The predicted octanol–water partition coefficient (Wildman–Crippen LogP) is 1.39. The summed E-state index contributed by atoms with van der Waals surface area (Å²) in [6.45, 7) is 13.6. The summed E-state index contributed by atoms with van der Waals surface area (Å²) in [5.41, 5.74) is 5.99. The van der Waals surface area contributed by atoms with Crippen molar-refractivity contribution in [1.82, 2.24) is 9.80 Å². The second kappa shape index (κ2) is 5.48. The Hall–Kier alpha value is -0.120. The molecule has 2 atom stereocenters. The number of likely N-dealkylation sites (N-methyl/N-ethyl adjacent to an activating group) is 1. The monoisotopic (exact) mass is 227 g/mol. The Bertz CT molecular complexity index is 210. The molecule has 3 nitrogen and oxygen atoms in total. The van der Waals surface area contributed by atoms with Gasteiger partial charge in [0.15, 0.2) is 0 Å². The zero-order chi connectivity index (χ0) is 12.3. The molecule has 2 unspecified atom stereocenters. The van der Waals surface area contributed by atoms with E-state index in [1.165, 1.54) is 13.1 Å². The van der Waals surface area contributed by atoms with Crippen LogP contribution >= 0.6 is 0 Å². The van der Waals surface area contributed by atoms with Gasteiger partial charge < -0.3 is 10.6 Å². The summed E-state index contributed by atoms with van der Waals surface area (Å²) < 4.78 is 0. The molecule has 0 aromatic rings. The van der Waals surface area contributed by atoms with Crippen molar-refractivity contribution in [1.29, 1.82) is 0 Å². The van der Waals surface area contributed by atoms with Crippen molar-refractivity contribution >= 4 is 0 Å². The summed E-state index contributed by atoms with van der Waals surface area (Å²) in [6, 6.07) is 0.620. The third kappa shape index (κ3) is 3.72. The Morgan fingerprint density at radius 3 is 2.31 bits per heavy atom. The smallest absolute Gasteiger partial charge is 0.0232 e. The van der Waals surface area contributed by atoms with Crippen LogP contribution in [0.15, 0.2) is 0 Å². The maximum absolute atomic E-state index is 5.72. The summed E-state index contributed by atoms with van der Waals surface area (Å²) in [4.78, 5) is 5.10. The van der Waals surface area contributed by atoms with Crippen LogP contribution in [0.3, 0.4) is 0 Å². The molecule has 1 aliphatic heterocycles. The van der Waals surface area contributed by atoms with E-state index in [4.69, 9.17) is 5.73 Å². The topological polar surface area (TPSA) is 32.5 Å². The molecule has 1 saturated heterocycles. The first-order valence-corrected chi connectivity index (χ1v) is 6.50. The molecule has 1 aliphatic rings. The molecule has 3 heteroatoms. The van der Waals surface area contributed by atoms with Crippen LogP contribution in [0, 0.1) is 5.92 Å². The van der Waals surface area contributed by atoms with E-state index in [1.807, 2.05) is 0 Å². The van der Waals surface area contributed by atoms with Gasteiger partial charge in [0.25, 0.3) is 0 Å². The van der Waals surface area contributed by atoms with Crippen molar-refractivity contribution < 1.29 is 0 Å². The van der Waals surface area contributed by atoms with Crippen molar-refractivity contribution in [2.45, 2.75) is 45.7 Å². The number of nitrogens with two attached hydrogens (primary N) is 1. The van der Waals surface area contributed by atoms with E-state index in [9.17, 15) is 0 Å². The lowest BCUT2D eigenvalue weighted by Gasteiger charge is -2.37. The highest BCUT2D eigenvalue weighted by atomic mass is 15.3. The van der Waals surface area contributed by atoms with Crippen LogP contribution in [0.2, 0.25) is 0 Å². The Balaban J connectivity index is 2.73. The predicted molar refractivity (Wildman–Crippen MR) is 70.6 cm³/mol. The van der Waals surface area contributed by atoms with Crippen molar-refractivity contribution in [3.05, 3.63) is 0 Å². The van der Waals surface area contributed by atoms with E-state index in [0.717, 1.165) is 25.4 Å². The molecule has 16 heavy (non-hydrogen) atoms. The first-order valence-electron chi connectivity index (χ1n) is 6.50. The first kappa shape index (κ1) is 13.9. The van der Waals surface area contributed by atoms with Crippen LogP contribution in [-0.4, -0.2) is 54.6 Å². The zero-order valence-corrected chi connectivity index (χ0v) is 11.7. The van der Waals surface area contributed by atoms with Crippen LogP contribution in [0.25, 0.3) is 0 Å². The quantitative estimate of drug-likeness (QED) is 0.774. The minimum absolute atomic E-state index is 0.270. The van der Waals surface area contributed by atoms with Crippen molar-refractivity contribution in [2.75, 3.05) is 33.2 Å². The maximum Gasteiger partial charge on any atom is 0.0232 e. The first-order chi connectivity index (χ1) is 7.34. The van der Waals surface area contributed by atoms with E-state index < -0.39 is 0 Å². The second-order valence-corrected chi connectivity index (χ2v) is 6.35. The van der Waals surface area contributed by atoms with Crippen LogP contribution in [0.4, 0.5) is 0 Å². The fourth-order valence-corrected chi connectivity index (χ4v) is 2.59. The fraction of sp³-hybridized carbons (Fsp3) is 1.00. The van der Waals surface area contributed by atoms with E-state index in [1.54, 1.807) is 0 Å². The highest BCUT2D eigenvalue weighted by molar-refractivity contribution is 4.87. The van der Waals surface area contributed by atoms with Gasteiger partial charge >= 0.3 is 0 Å². The van der Waals surface area contributed by atoms with Crippen LogP contribution in [-0.2, 0) is 0 Å². The molecule has 1 fully saturated rings. The number of nitrogens with zero attached hydrogens (tertiary/aromatic N) is 2. The summed E-state index contributed by atoms with van der Waals surface area (Å²) in [5, 5.41) is 0. The molecule has 0 radical (unpaired) electrons. The van der Waals surface area contributed by atoms with E-state index in [0.29, 0.717) is 6.04 Å². The van der Waals surface area contributed by atoms with Crippen LogP contribution in [0.5, 0.6) is 0 Å². The summed E-state index contributed by atoms with van der Waals surface area (Å²) in [5.74, 6) is 0.743. The lowest BCUT2D eigenvalue weighted by atomic mass is 10.0. The fourth-order valence-electron chi connectivity index (χ4n) is 2.59. The van der Waals surface area contributed by atoms with Crippen molar-refractivity contribution in [2.24, 2.45) is 11.7 Å². The van der Waals surface area contributed by atoms with Gasteiger partial charge in [0.1, 0.15) is 0 Å². The Labute approximate surface area is 101 Å². The maximum atomic E-state index is 5.72. The van der Waals surface area contributed by atoms with E-state index >= 15 is 0 Å². The van der Waals surface area contributed by atoms with Gasteiger partial charge in [-0.3, -0.25) is 4.90 Å². The summed E-state index contributed by atoms with van der Waals surface area (Å²) in [6.07, 6.45) is 1.11. The van der Waals surface area contributed by atoms with E-state index in [-0.39, 0.29) is 5.54 Å². The molecule has 2 N–H and O–H groups in total. The SMILES string of the molecule is CC1CN(C)C(CCN)CN(C(C)(C)C)C1. The molecule has 1 rings (SSSR count). The van der Waals surface area contributed by atoms with Crippen LogP contribution < -0.4 is 5.73 Å². The Morgan fingerprint density at radius 2 is 1.81 bits per heavy atom. The molecular formula is C13H29N3. The van der Waals surface area contributed by atoms with Gasteiger partial charge in [-0.05, 0) is 46.7 Å². The summed E-state index contributed by atoms with van der Waals surface area (Å²) >= 11 is 0. The molecule has 0 amide bonds. The molecule has 0 aliphatic carbocycles. The minimum Gasteiger partial charge on any atom is -0.330 e. The van der Waals surface area contributed by atoms with Crippen LogP contribution in [0.1, 0.15) is 34.1 Å². The zero-order valence-electron chi connectivity index (χ0n) is 11.7. The molecule has 0 aromatic heterocycles. The van der Waals surface area contributed by atoms with Crippen molar-refractivity contribution in [3.8, 4) is 0 Å². The van der Waals surface area contributed by atoms with Gasteiger partial charge in [0.2, 0.25) is 0 Å². The highest BCUT2D eigenvalue weighted by Crippen LogP contribution is 2.21. The normalized spacial score (nSPS) is 30.4. The molecular weight excluding hydrogens is 198 g/mol. The molecule has 0 saturated carbocycles. The van der Waals surface area contributed by atoms with Gasteiger partial charge in [-0.25, -0.2) is 0 Å². The minimum atomic E-state index is 0.270. The third-order valence-electron chi connectivity index (χ3n) is 3.63. The average molecular weight is 227 g/mol. The molecule has 0 bridgehead atoms. The molecule has 1 heterocycles. The largest absolute Gasteiger partial charge is 0.330 e. The summed E-state index contributed by atoms with van der Waals surface area (Å²) in [7, 11) is 2.24. The highest BCUT2D eigenvalue weighted by Gasteiger charge is 2.30. The standard InChI is InChI=1S/C13H29N3/c1-11-8-15(5)12(6-7-14)10-16(9-11)13(2,3)4/h11-12H,6-10,14H2,1-5H3. The Morgan fingerprint density at radius 1 is 1.19 bits per heavy atom. The third-order valence-corrected chi connectivity index (χ3v) is 3.63. The molecule has 96 valence electrons. The molecule has 0 aromatic carbocycles. The lowest BCUT2D eigenvalue weighted by molar-refractivity contribution is 0.111. The second-order valence-electron chi connectivity index (χ2n) is 6.35.